The summed E-state index contributed by atoms with van der Waals surface area (Å²) >= 11 is 0. The lowest BCUT2D eigenvalue weighted by Gasteiger charge is -2.26. The van der Waals surface area contributed by atoms with Gasteiger partial charge in [-0.1, -0.05) is 6.42 Å². The molecule has 0 radical (unpaired) electrons. The largest absolute Gasteiger partial charge is 0.345 e. The van der Waals surface area contributed by atoms with E-state index < -0.39 is 0 Å². The maximum absolute atomic E-state index is 11.6. The summed E-state index contributed by atoms with van der Waals surface area (Å²) in [5.41, 5.74) is 0. The van der Waals surface area contributed by atoms with Gasteiger partial charge in [0.15, 0.2) is 0 Å². The van der Waals surface area contributed by atoms with Crippen LogP contribution in [-0.2, 0) is 4.79 Å². The molecule has 1 saturated heterocycles. The Hall–Kier alpha value is -0.570. The first-order valence-corrected chi connectivity index (χ1v) is 4.74. The maximum atomic E-state index is 11.6. The van der Waals surface area contributed by atoms with Gasteiger partial charge >= 0.3 is 0 Å². The van der Waals surface area contributed by atoms with Gasteiger partial charge in [-0.25, -0.2) is 0 Å². The Morgan fingerprint density at radius 1 is 1.58 bits per heavy atom. The van der Waals surface area contributed by atoms with E-state index in [0.29, 0.717) is 0 Å². The second-order valence-corrected chi connectivity index (χ2v) is 3.35. The van der Waals surface area contributed by atoms with Crippen molar-refractivity contribution in [2.75, 3.05) is 20.1 Å². The Bertz CT molecular complexity index is 153. The molecule has 1 amide bonds. The zero-order chi connectivity index (χ0) is 8.97. The molecule has 70 valence electrons. The SMILES string of the molecule is CCN(C)C(=O)C1CCCCN1. The molecule has 0 aromatic heterocycles. The molecule has 1 heterocycles. The van der Waals surface area contributed by atoms with Crippen LogP contribution in [0.25, 0.3) is 0 Å². The van der Waals surface area contributed by atoms with Crippen LogP contribution in [0.4, 0.5) is 0 Å². The fraction of sp³-hybridized carbons (Fsp3) is 0.889. The van der Waals surface area contributed by atoms with Gasteiger partial charge in [-0.3, -0.25) is 4.79 Å². The van der Waals surface area contributed by atoms with Gasteiger partial charge in [0.2, 0.25) is 5.91 Å². The molecule has 0 spiro atoms. The number of carbonyl (C=O) groups excluding carboxylic acids is 1. The predicted molar refractivity (Wildman–Crippen MR) is 49.0 cm³/mol. The molecule has 1 aliphatic rings. The van der Waals surface area contributed by atoms with Crippen molar-refractivity contribution in [1.29, 1.82) is 0 Å². The summed E-state index contributed by atoms with van der Waals surface area (Å²) in [6.45, 7) is 3.80. The lowest BCUT2D eigenvalue weighted by Crippen LogP contribution is -2.47. The van der Waals surface area contributed by atoms with Crippen molar-refractivity contribution >= 4 is 5.91 Å². The third kappa shape index (κ3) is 2.21. The molecule has 3 nitrogen and oxygen atoms in total. The molecule has 1 N–H and O–H groups in total. The van der Waals surface area contributed by atoms with Gasteiger partial charge < -0.3 is 10.2 Å². The molecular weight excluding hydrogens is 152 g/mol. The fourth-order valence-corrected chi connectivity index (χ4v) is 1.48. The smallest absolute Gasteiger partial charge is 0.239 e. The maximum Gasteiger partial charge on any atom is 0.239 e. The first-order valence-electron chi connectivity index (χ1n) is 4.74. The van der Waals surface area contributed by atoms with Crippen LogP contribution in [0.1, 0.15) is 26.2 Å². The van der Waals surface area contributed by atoms with Crippen LogP contribution in [0.3, 0.4) is 0 Å². The molecule has 0 aromatic carbocycles. The van der Waals surface area contributed by atoms with E-state index >= 15 is 0 Å². The number of nitrogens with one attached hydrogen (secondary N) is 1. The van der Waals surface area contributed by atoms with Gasteiger partial charge in [0.25, 0.3) is 0 Å². The van der Waals surface area contributed by atoms with Crippen molar-refractivity contribution < 1.29 is 4.79 Å². The fourth-order valence-electron chi connectivity index (χ4n) is 1.48. The first-order chi connectivity index (χ1) is 5.75. The third-order valence-electron chi connectivity index (χ3n) is 2.46. The zero-order valence-corrected chi connectivity index (χ0v) is 7.97. The van der Waals surface area contributed by atoms with E-state index in [-0.39, 0.29) is 11.9 Å². The monoisotopic (exact) mass is 170 g/mol. The number of hydrogen-bond donors (Lipinski definition) is 1. The Balaban J connectivity index is 2.39. The molecule has 1 aliphatic heterocycles. The van der Waals surface area contributed by atoms with Crippen molar-refractivity contribution in [1.82, 2.24) is 10.2 Å². The molecule has 12 heavy (non-hydrogen) atoms. The highest BCUT2D eigenvalue weighted by Gasteiger charge is 2.22. The van der Waals surface area contributed by atoms with E-state index in [1.807, 2.05) is 14.0 Å². The number of likely N-dealkylation sites (N-methyl/N-ethyl adjacent to an activating group) is 1. The minimum atomic E-state index is 0.0868. The van der Waals surface area contributed by atoms with Crippen LogP contribution in [0.2, 0.25) is 0 Å². The summed E-state index contributed by atoms with van der Waals surface area (Å²) < 4.78 is 0. The predicted octanol–water partition coefficient (Wildman–Crippen LogP) is 0.607. The quantitative estimate of drug-likeness (QED) is 0.658. The van der Waals surface area contributed by atoms with Crippen molar-refractivity contribution in [3.63, 3.8) is 0 Å². The zero-order valence-electron chi connectivity index (χ0n) is 7.97. The lowest BCUT2D eigenvalue weighted by atomic mass is 10.0. The van der Waals surface area contributed by atoms with E-state index in [1.165, 1.54) is 12.8 Å². The summed E-state index contributed by atoms with van der Waals surface area (Å²) in [4.78, 5) is 13.4. The molecular formula is C9H18N2O. The number of carbonyl (C=O) groups is 1. The molecule has 1 atom stereocenters. The minimum absolute atomic E-state index is 0.0868. The minimum Gasteiger partial charge on any atom is -0.345 e. The number of hydrogen-bond acceptors (Lipinski definition) is 2. The number of rotatable bonds is 2. The Labute approximate surface area is 74.1 Å². The Morgan fingerprint density at radius 2 is 2.33 bits per heavy atom. The Morgan fingerprint density at radius 3 is 2.83 bits per heavy atom. The number of nitrogens with zero attached hydrogens (tertiary/aromatic N) is 1. The highest BCUT2D eigenvalue weighted by molar-refractivity contribution is 5.81. The van der Waals surface area contributed by atoms with Gasteiger partial charge in [0.05, 0.1) is 6.04 Å². The van der Waals surface area contributed by atoms with Crippen LogP contribution in [-0.4, -0.2) is 37.0 Å². The number of amides is 1. The lowest BCUT2D eigenvalue weighted by molar-refractivity contribution is -0.132. The van der Waals surface area contributed by atoms with Crippen molar-refractivity contribution in [2.24, 2.45) is 0 Å². The van der Waals surface area contributed by atoms with Gasteiger partial charge in [-0.2, -0.15) is 0 Å². The molecule has 0 aliphatic carbocycles. The topological polar surface area (TPSA) is 32.3 Å². The average Bonchev–Trinajstić information content (AvgIpc) is 2.17. The van der Waals surface area contributed by atoms with Crippen LogP contribution in [0.15, 0.2) is 0 Å². The highest BCUT2D eigenvalue weighted by atomic mass is 16.2. The van der Waals surface area contributed by atoms with Crippen molar-refractivity contribution in [3.05, 3.63) is 0 Å². The summed E-state index contributed by atoms with van der Waals surface area (Å²) in [5.74, 6) is 0.247. The Kier molecular flexibility index (Phi) is 3.53. The van der Waals surface area contributed by atoms with Gasteiger partial charge in [0, 0.05) is 13.6 Å². The second kappa shape index (κ2) is 4.45. The van der Waals surface area contributed by atoms with Gasteiger partial charge in [-0.05, 0) is 26.3 Å². The second-order valence-electron chi connectivity index (χ2n) is 3.35. The third-order valence-corrected chi connectivity index (χ3v) is 2.46. The van der Waals surface area contributed by atoms with Crippen LogP contribution in [0, 0.1) is 0 Å². The standard InChI is InChI=1S/C9H18N2O/c1-3-11(2)9(12)8-6-4-5-7-10-8/h8,10H,3-7H2,1-2H3. The summed E-state index contributed by atoms with van der Waals surface area (Å²) in [7, 11) is 1.86. The van der Waals surface area contributed by atoms with Crippen LogP contribution >= 0.6 is 0 Å². The molecule has 0 bridgehead atoms. The average molecular weight is 170 g/mol. The number of piperidine rings is 1. The first kappa shape index (κ1) is 9.52. The van der Waals surface area contributed by atoms with Crippen molar-refractivity contribution in [2.45, 2.75) is 32.2 Å². The molecule has 0 aromatic rings. The van der Waals surface area contributed by atoms with E-state index in [1.54, 1.807) is 4.90 Å². The highest BCUT2D eigenvalue weighted by Crippen LogP contribution is 2.08. The molecule has 1 fully saturated rings. The van der Waals surface area contributed by atoms with Crippen LogP contribution < -0.4 is 5.32 Å². The van der Waals surface area contributed by atoms with E-state index in [4.69, 9.17) is 0 Å². The van der Waals surface area contributed by atoms with E-state index in [9.17, 15) is 4.79 Å². The van der Waals surface area contributed by atoms with E-state index in [0.717, 1.165) is 19.5 Å². The van der Waals surface area contributed by atoms with Gasteiger partial charge in [0.1, 0.15) is 0 Å². The normalized spacial score (nSPS) is 23.7. The summed E-state index contributed by atoms with van der Waals surface area (Å²) in [6, 6.07) is 0.0868. The van der Waals surface area contributed by atoms with Crippen LogP contribution in [0.5, 0.6) is 0 Å². The molecule has 1 unspecified atom stereocenters. The molecule has 3 heteroatoms. The summed E-state index contributed by atoms with van der Waals surface area (Å²) in [6.07, 6.45) is 3.39. The molecule has 1 rings (SSSR count). The van der Waals surface area contributed by atoms with Crippen molar-refractivity contribution in [3.8, 4) is 0 Å². The summed E-state index contributed by atoms with van der Waals surface area (Å²) in [5, 5.41) is 3.24. The molecule has 0 saturated carbocycles. The van der Waals surface area contributed by atoms with E-state index in [2.05, 4.69) is 5.32 Å². The van der Waals surface area contributed by atoms with Gasteiger partial charge in [-0.15, -0.1) is 0 Å².